The molecular formula is C46H98N6O2. The second-order valence-corrected chi connectivity index (χ2v) is 22.0. The summed E-state index contributed by atoms with van der Waals surface area (Å²) in [7, 11) is 4.38. The first-order valence-corrected chi connectivity index (χ1v) is 22.3. The van der Waals surface area contributed by atoms with E-state index in [4.69, 9.17) is 9.47 Å². The van der Waals surface area contributed by atoms with Crippen LogP contribution in [0.2, 0.25) is 0 Å². The molecule has 54 heavy (non-hydrogen) atoms. The van der Waals surface area contributed by atoms with Crippen molar-refractivity contribution in [2.24, 2.45) is 0 Å². The van der Waals surface area contributed by atoms with Crippen LogP contribution in [0.4, 0.5) is 0 Å². The SMILES string of the molecule is CC(C)(C)N1CCCC1.CC(C)(C)N1CCCCC1.CC(C)(C)N1CCOCC1.CC1CN(C(C)(C)C)CC(C)O1.CN(C)C1CCN(C(C)(C)C)CC1. The van der Waals surface area contributed by atoms with Gasteiger partial charge < -0.3 is 14.4 Å². The molecule has 2 unspecified atom stereocenters. The third kappa shape index (κ3) is 21.4. The average Bonchev–Trinajstić information content (AvgIpc) is 3.62. The van der Waals surface area contributed by atoms with E-state index in [-0.39, 0.29) is 5.54 Å². The molecular weight excluding hydrogens is 669 g/mol. The molecule has 0 aromatic carbocycles. The minimum absolute atomic E-state index is 0.284. The van der Waals surface area contributed by atoms with E-state index in [0.717, 1.165) is 45.4 Å². The highest BCUT2D eigenvalue weighted by atomic mass is 16.5. The normalized spacial score (nSPS) is 25.3. The number of likely N-dealkylation sites (tertiary alicyclic amines) is 3. The molecule has 324 valence electrons. The fourth-order valence-corrected chi connectivity index (χ4v) is 7.97. The molecule has 0 amide bonds. The number of rotatable bonds is 1. The standard InChI is InChI=1S/C11H24N2.C10H21NO.C9H19N.C8H17NO.C8H17N/c1-11(2,3)13-8-6-10(7-9-13)12(4)5;1-8-6-11(10(3,4)5)7-9(2)12-8;1-9(2,3)10-7-5-4-6-8-10;1-8(2,3)9-4-6-10-7-5-9;1-8(2,3)9-6-4-5-7-9/h10H,6-9H2,1-5H3;8-9H,6-7H2,1-5H3;4-8H2,1-3H3;4-7H2,1-3H3;4-7H2,1-3H3. The van der Waals surface area contributed by atoms with Gasteiger partial charge in [-0.15, -0.1) is 0 Å². The van der Waals surface area contributed by atoms with Crippen LogP contribution in [-0.2, 0) is 9.47 Å². The molecule has 8 nitrogen and oxygen atoms in total. The first-order valence-electron chi connectivity index (χ1n) is 22.3. The maximum atomic E-state index is 5.67. The molecule has 0 spiro atoms. The van der Waals surface area contributed by atoms with Crippen molar-refractivity contribution in [2.75, 3.05) is 92.8 Å². The number of nitrogens with zero attached hydrogens (tertiary/aromatic N) is 6. The summed E-state index contributed by atoms with van der Waals surface area (Å²) in [5.41, 5.74) is 1.78. The molecule has 8 heteroatoms. The Balaban J connectivity index is 0.000000339. The molecule has 2 atom stereocenters. The monoisotopic (exact) mass is 767 g/mol. The van der Waals surface area contributed by atoms with E-state index < -0.39 is 0 Å². The van der Waals surface area contributed by atoms with Crippen LogP contribution in [0, 0.1) is 0 Å². The largest absolute Gasteiger partial charge is 0.379 e. The lowest BCUT2D eigenvalue weighted by molar-refractivity contribution is -0.0924. The molecule has 5 saturated heterocycles. The lowest BCUT2D eigenvalue weighted by atomic mass is 9.98. The minimum Gasteiger partial charge on any atom is -0.379 e. The highest BCUT2D eigenvalue weighted by Crippen LogP contribution is 2.23. The maximum absolute atomic E-state index is 5.67. The Morgan fingerprint density at radius 2 is 0.704 bits per heavy atom. The molecule has 0 aromatic heterocycles. The molecule has 0 N–H and O–H groups in total. The van der Waals surface area contributed by atoms with Crippen molar-refractivity contribution in [2.45, 2.75) is 209 Å². The van der Waals surface area contributed by atoms with Crippen LogP contribution in [0.5, 0.6) is 0 Å². The third-order valence-electron chi connectivity index (χ3n) is 11.8. The Labute approximate surface area is 339 Å². The maximum Gasteiger partial charge on any atom is 0.0678 e. The summed E-state index contributed by atoms with van der Waals surface area (Å²) in [6.07, 6.45) is 10.4. The molecule has 0 bridgehead atoms. The first-order chi connectivity index (χ1) is 24.6. The topological polar surface area (TPSA) is 37.9 Å². The number of piperidine rings is 2. The van der Waals surface area contributed by atoms with Gasteiger partial charge in [-0.2, -0.15) is 0 Å². The van der Waals surface area contributed by atoms with Crippen LogP contribution in [0.15, 0.2) is 0 Å². The van der Waals surface area contributed by atoms with Crippen LogP contribution in [0.25, 0.3) is 0 Å². The van der Waals surface area contributed by atoms with Crippen molar-refractivity contribution < 1.29 is 9.47 Å². The number of hydrogen-bond donors (Lipinski definition) is 0. The summed E-state index contributed by atoms with van der Waals surface area (Å²) < 4.78 is 10.9. The van der Waals surface area contributed by atoms with E-state index in [1.165, 1.54) is 84.2 Å². The summed E-state index contributed by atoms with van der Waals surface area (Å²) in [6.45, 7) is 52.4. The van der Waals surface area contributed by atoms with Gasteiger partial charge >= 0.3 is 0 Å². The highest BCUT2D eigenvalue weighted by Gasteiger charge is 2.30. The second kappa shape index (κ2) is 23.3. The average molecular weight is 767 g/mol. The van der Waals surface area contributed by atoms with E-state index in [9.17, 15) is 0 Å². The van der Waals surface area contributed by atoms with Gasteiger partial charge in [0.1, 0.15) is 0 Å². The molecule has 5 aliphatic heterocycles. The Morgan fingerprint density at radius 1 is 0.407 bits per heavy atom. The summed E-state index contributed by atoms with van der Waals surface area (Å²) in [5, 5.41) is 0. The molecule has 5 heterocycles. The Kier molecular flexibility index (Phi) is 22.3. The molecule has 0 saturated carbocycles. The van der Waals surface area contributed by atoms with Gasteiger partial charge in [0.25, 0.3) is 0 Å². The fourth-order valence-electron chi connectivity index (χ4n) is 7.97. The van der Waals surface area contributed by atoms with E-state index in [1.807, 2.05) is 0 Å². The van der Waals surface area contributed by atoms with Gasteiger partial charge in [-0.05, 0) is 197 Å². The van der Waals surface area contributed by atoms with Crippen LogP contribution in [0.3, 0.4) is 0 Å². The molecule has 0 aliphatic carbocycles. The molecule has 0 radical (unpaired) electrons. The zero-order chi connectivity index (χ0) is 41.5. The van der Waals surface area contributed by atoms with Gasteiger partial charge in [-0.3, -0.25) is 24.5 Å². The number of morpholine rings is 2. The van der Waals surface area contributed by atoms with Crippen LogP contribution >= 0.6 is 0 Å². The summed E-state index contributed by atoms with van der Waals surface area (Å²) >= 11 is 0. The summed E-state index contributed by atoms with van der Waals surface area (Å²) in [5.74, 6) is 0. The Morgan fingerprint density at radius 3 is 0.981 bits per heavy atom. The Bertz CT molecular complexity index is 906. The van der Waals surface area contributed by atoms with Crippen molar-refractivity contribution in [3.63, 3.8) is 0 Å². The quantitative estimate of drug-likeness (QED) is 0.262. The smallest absolute Gasteiger partial charge is 0.0678 e. The lowest BCUT2D eigenvalue weighted by Crippen LogP contribution is -2.53. The van der Waals surface area contributed by atoms with E-state index in [0.29, 0.717) is 34.4 Å². The third-order valence-corrected chi connectivity index (χ3v) is 11.8. The van der Waals surface area contributed by atoms with Crippen molar-refractivity contribution in [3.8, 4) is 0 Å². The van der Waals surface area contributed by atoms with Gasteiger partial charge in [0, 0.05) is 73.0 Å². The van der Waals surface area contributed by atoms with E-state index in [1.54, 1.807) is 0 Å². The van der Waals surface area contributed by atoms with Gasteiger partial charge in [-0.1, -0.05) is 6.42 Å². The minimum atomic E-state index is 0.284. The fraction of sp³-hybridized carbons (Fsp3) is 1.00. The van der Waals surface area contributed by atoms with Crippen molar-refractivity contribution in [3.05, 3.63) is 0 Å². The predicted molar refractivity (Wildman–Crippen MR) is 237 cm³/mol. The second-order valence-electron chi connectivity index (χ2n) is 22.0. The van der Waals surface area contributed by atoms with Crippen LogP contribution in [-0.4, -0.2) is 168 Å². The number of ether oxygens (including phenoxy) is 2. The molecule has 5 fully saturated rings. The molecule has 0 aromatic rings. The van der Waals surface area contributed by atoms with Crippen LogP contribution in [0.1, 0.15) is 163 Å². The lowest BCUT2D eigenvalue weighted by Gasteiger charge is -2.43. The van der Waals surface area contributed by atoms with Gasteiger partial charge in [-0.25, -0.2) is 0 Å². The van der Waals surface area contributed by atoms with Crippen LogP contribution < -0.4 is 0 Å². The summed E-state index contributed by atoms with van der Waals surface area (Å²) in [4.78, 5) is 15.0. The van der Waals surface area contributed by atoms with Gasteiger partial charge in [0.2, 0.25) is 0 Å². The highest BCUT2D eigenvalue weighted by molar-refractivity contribution is 4.85. The Hall–Kier alpha value is -0.320. The van der Waals surface area contributed by atoms with E-state index >= 15 is 0 Å². The number of hydrogen-bond acceptors (Lipinski definition) is 8. The summed E-state index contributed by atoms with van der Waals surface area (Å²) in [6, 6.07) is 0.804. The zero-order valence-corrected chi connectivity index (χ0v) is 40.2. The predicted octanol–water partition coefficient (Wildman–Crippen LogP) is 8.97. The first kappa shape index (κ1) is 51.7. The molecule has 5 aliphatic rings. The van der Waals surface area contributed by atoms with E-state index in [2.05, 4.69) is 161 Å². The van der Waals surface area contributed by atoms with Crippen molar-refractivity contribution in [1.29, 1.82) is 0 Å². The van der Waals surface area contributed by atoms with Gasteiger partial charge in [0.05, 0.1) is 25.4 Å². The van der Waals surface area contributed by atoms with Gasteiger partial charge in [0.15, 0.2) is 0 Å². The van der Waals surface area contributed by atoms with Crippen molar-refractivity contribution in [1.82, 2.24) is 29.4 Å². The molecule has 5 rings (SSSR count). The van der Waals surface area contributed by atoms with Crippen molar-refractivity contribution >= 4 is 0 Å². The zero-order valence-electron chi connectivity index (χ0n) is 40.2.